The van der Waals surface area contributed by atoms with Crippen molar-refractivity contribution in [2.45, 2.75) is 6.42 Å². The molecule has 0 radical (unpaired) electrons. The number of rotatable bonds is 5. The molecule has 1 rings (SSSR count). The lowest BCUT2D eigenvalue weighted by atomic mass is 10.2. The molecule has 0 bridgehead atoms. The smallest absolute Gasteiger partial charge is 0.337 e. The highest BCUT2D eigenvalue weighted by molar-refractivity contribution is 9.10. The minimum Gasteiger partial charge on any atom is -0.492 e. The van der Waals surface area contributed by atoms with E-state index in [1.54, 1.807) is 12.1 Å². The molecule has 17 heavy (non-hydrogen) atoms. The topological polar surface area (TPSA) is 78.6 Å². The highest BCUT2D eigenvalue weighted by Crippen LogP contribution is 2.26. The zero-order valence-corrected chi connectivity index (χ0v) is 10.8. The summed E-state index contributed by atoms with van der Waals surface area (Å²) >= 11 is 3.28. The van der Waals surface area contributed by atoms with Gasteiger partial charge in [0.15, 0.2) is 0 Å². The summed E-state index contributed by atoms with van der Waals surface area (Å²) in [6, 6.07) is 4.82. The molecule has 0 unspecified atom stereocenters. The number of esters is 1. The van der Waals surface area contributed by atoms with Crippen LogP contribution < -0.4 is 10.5 Å². The fraction of sp³-hybridized carbons (Fsp3) is 0.273. The maximum absolute atomic E-state index is 11.3. The number of nitrogens with two attached hydrogens (primary N) is 1. The van der Waals surface area contributed by atoms with Crippen LogP contribution in [0.4, 0.5) is 0 Å². The summed E-state index contributed by atoms with van der Waals surface area (Å²) in [5.41, 5.74) is 5.37. The van der Waals surface area contributed by atoms with E-state index in [0.717, 1.165) is 0 Å². The number of hydrogen-bond acceptors (Lipinski definition) is 4. The Morgan fingerprint density at radius 2 is 2.12 bits per heavy atom. The fourth-order valence-corrected chi connectivity index (χ4v) is 1.48. The summed E-state index contributed by atoms with van der Waals surface area (Å²) in [4.78, 5) is 21.8. The molecule has 1 aromatic rings. The van der Waals surface area contributed by atoms with E-state index in [2.05, 4.69) is 20.7 Å². The Hall–Kier alpha value is -1.56. The van der Waals surface area contributed by atoms with E-state index in [1.807, 2.05) is 0 Å². The number of primary amides is 1. The predicted molar refractivity (Wildman–Crippen MR) is 64.8 cm³/mol. The highest BCUT2D eigenvalue weighted by atomic mass is 79.9. The van der Waals surface area contributed by atoms with Gasteiger partial charge in [0.2, 0.25) is 5.91 Å². The Morgan fingerprint density at radius 1 is 1.41 bits per heavy atom. The van der Waals surface area contributed by atoms with Crippen LogP contribution in [-0.2, 0) is 9.53 Å². The number of amides is 1. The van der Waals surface area contributed by atoms with E-state index in [0.29, 0.717) is 15.8 Å². The highest BCUT2D eigenvalue weighted by Gasteiger charge is 2.09. The Morgan fingerprint density at radius 3 is 2.71 bits per heavy atom. The van der Waals surface area contributed by atoms with E-state index >= 15 is 0 Å². The molecule has 0 atom stereocenters. The number of methoxy groups -OCH3 is 1. The molecule has 0 aliphatic rings. The molecular weight excluding hydrogens is 290 g/mol. The quantitative estimate of drug-likeness (QED) is 0.836. The third-order valence-corrected chi connectivity index (χ3v) is 2.61. The zero-order valence-electron chi connectivity index (χ0n) is 9.23. The van der Waals surface area contributed by atoms with Gasteiger partial charge in [-0.05, 0) is 34.1 Å². The molecule has 0 saturated heterocycles. The maximum Gasteiger partial charge on any atom is 0.337 e. The standard InChI is InChI=1S/C11H12BrNO4/c1-16-11(15)7-2-3-8(12)9(6-7)17-5-4-10(13)14/h2-3,6H,4-5H2,1H3,(H2,13,14). The monoisotopic (exact) mass is 301 g/mol. The lowest BCUT2D eigenvalue weighted by Crippen LogP contribution is -2.14. The third kappa shape index (κ3) is 4.07. The van der Waals surface area contributed by atoms with E-state index in [1.165, 1.54) is 13.2 Å². The van der Waals surface area contributed by atoms with Crippen LogP contribution in [-0.4, -0.2) is 25.6 Å². The van der Waals surface area contributed by atoms with Crippen LogP contribution in [0.15, 0.2) is 22.7 Å². The summed E-state index contributed by atoms with van der Waals surface area (Å²) in [5.74, 6) is -0.420. The molecular formula is C11H12BrNO4. The van der Waals surface area contributed by atoms with Crippen molar-refractivity contribution in [1.82, 2.24) is 0 Å². The van der Waals surface area contributed by atoms with Crippen molar-refractivity contribution in [2.75, 3.05) is 13.7 Å². The normalized spacial score (nSPS) is 9.76. The number of benzene rings is 1. The molecule has 0 spiro atoms. The second kappa shape index (κ2) is 6.24. The summed E-state index contributed by atoms with van der Waals surface area (Å²) in [6.07, 6.45) is 0.120. The van der Waals surface area contributed by atoms with E-state index in [9.17, 15) is 9.59 Å². The average molecular weight is 302 g/mol. The van der Waals surface area contributed by atoms with Gasteiger partial charge in [0.25, 0.3) is 0 Å². The minimum absolute atomic E-state index is 0.120. The van der Waals surface area contributed by atoms with Crippen LogP contribution in [0.5, 0.6) is 5.75 Å². The first-order valence-corrected chi connectivity index (χ1v) is 5.63. The molecule has 0 aliphatic carbocycles. The summed E-state index contributed by atoms with van der Waals surface area (Å²) in [5, 5.41) is 0. The molecule has 92 valence electrons. The molecule has 0 fully saturated rings. The first kappa shape index (κ1) is 13.5. The van der Waals surface area contributed by atoms with Gasteiger partial charge in [-0.1, -0.05) is 0 Å². The van der Waals surface area contributed by atoms with E-state index in [4.69, 9.17) is 10.5 Å². The van der Waals surface area contributed by atoms with Gasteiger partial charge >= 0.3 is 5.97 Å². The molecule has 0 aliphatic heterocycles. The van der Waals surface area contributed by atoms with Gasteiger partial charge in [-0.15, -0.1) is 0 Å². The van der Waals surface area contributed by atoms with Crippen molar-refractivity contribution < 1.29 is 19.1 Å². The van der Waals surface area contributed by atoms with Crippen molar-refractivity contribution >= 4 is 27.8 Å². The van der Waals surface area contributed by atoms with E-state index < -0.39 is 11.9 Å². The number of carbonyl (C=O) groups is 2. The lowest BCUT2D eigenvalue weighted by Gasteiger charge is -2.08. The molecule has 0 saturated carbocycles. The molecule has 2 N–H and O–H groups in total. The zero-order chi connectivity index (χ0) is 12.8. The van der Waals surface area contributed by atoms with Crippen molar-refractivity contribution in [3.8, 4) is 5.75 Å². The minimum atomic E-state index is -0.447. The van der Waals surface area contributed by atoms with Crippen LogP contribution in [0.2, 0.25) is 0 Å². The van der Waals surface area contributed by atoms with Crippen LogP contribution >= 0.6 is 15.9 Å². The van der Waals surface area contributed by atoms with Crippen LogP contribution in [0.1, 0.15) is 16.8 Å². The van der Waals surface area contributed by atoms with Crippen LogP contribution in [0, 0.1) is 0 Å². The largest absolute Gasteiger partial charge is 0.492 e. The van der Waals surface area contributed by atoms with Gasteiger partial charge in [0, 0.05) is 0 Å². The average Bonchev–Trinajstić information content (AvgIpc) is 2.30. The van der Waals surface area contributed by atoms with Crippen molar-refractivity contribution in [2.24, 2.45) is 5.73 Å². The first-order valence-electron chi connectivity index (χ1n) is 4.83. The Bertz CT molecular complexity index is 433. The number of halogens is 1. The number of hydrogen-bond donors (Lipinski definition) is 1. The first-order chi connectivity index (χ1) is 8.04. The third-order valence-electron chi connectivity index (χ3n) is 1.96. The van der Waals surface area contributed by atoms with Crippen molar-refractivity contribution in [1.29, 1.82) is 0 Å². The molecule has 5 nitrogen and oxygen atoms in total. The van der Waals surface area contributed by atoms with Gasteiger partial charge in [0.05, 0.1) is 30.2 Å². The van der Waals surface area contributed by atoms with Gasteiger partial charge < -0.3 is 15.2 Å². The maximum atomic E-state index is 11.3. The molecule has 0 heterocycles. The van der Waals surface area contributed by atoms with Gasteiger partial charge in [0.1, 0.15) is 5.75 Å². The van der Waals surface area contributed by atoms with Crippen LogP contribution in [0.25, 0.3) is 0 Å². The Labute approximate surface area is 107 Å². The molecule has 0 aromatic heterocycles. The molecule has 6 heteroatoms. The predicted octanol–water partition coefficient (Wildman–Crippen LogP) is 1.49. The van der Waals surface area contributed by atoms with Gasteiger partial charge in [-0.2, -0.15) is 0 Å². The molecule has 1 amide bonds. The van der Waals surface area contributed by atoms with E-state index in [-0.39, 0.29) is 13.0 Å². The van der Waals surface area contributed by atoms with Gasteiger partial charge in [-0.3, -0.25) is 4.79 Å². The van der Waals surface area contributed by atoms with Gasteiger partial charge in [-0.25, -0.2) is 4.79 Å². The molecule has 1 aromatic carbocycles. The second-order valence-corrected chi connectivity index (χ2v) is 4.06. The summed E-state index contributed by atoms with van der Waals surface area (Å²) in [6.45, 7) is 0.165. The number of ether oxygens (including phenoxy) is 2. The second-order valence-electron chi connectivity index (χ2n) is 3.20. The van der Waals surface area contributed by atoms with Crippen molar-refractivity contribution in [3.63, 3.8) is 0 Å². The fourth-order valence-electron chi connectivity index (χ4n) is 1.12. The Balaban J connectivity index is 2.76. The van der Waals surface area contributed by atoms with Crippen LogP contribution in [0.3, 0.4) is 0 Å². The number of carbonyl (C=O) groups excluding carboxylic acids is 2. The van der Waals surface area contributed by atoms with Crippen molar-refractivity contribution in [3.05, 3.63) is 28.2 Å². The lowest BCUT2D eigenvalue weighted by molar-refractivity contribution is -0.118. The Kier molecular flexibility index (Phi) is 4.96. The summed E-state index contributed by atoms with van der Waals surface area (Å²) < 4.78 is 10.6. The summed E-state index contributed by atoms with van der Waals surface area (Å²) in [7, 11) is 1.30. The SMILES string of the molecule is COC(=O)c1ccc(Br)c(OCCC(N)=O)c1.